The van der Waals surface area contributed by atoms with E-state index in [1.54, 1.807) is 6.07 Å². The van der Waals surface area contributed by atoms with Crippen molar-refractivity contribution in [1.82, 2.24) is 15.4 Å². The topological polar surface area (TPSA) is 75.4 Å². The van der Waals surface area contributed by atoms with Crippen LogP contribution in [-0.2, 0) is 4.79 Å². The van der Waals surface area contributed by atoms with Gasteiger partial charge in [-0.15, -0.1) is 0 Å². The summed E-state index contributed by atoms with van der Waals surface area (Å²) in [6, 6.07) is 6.34. The van der Waals surface area contributed by atoms with Crippen LogP contribution in [0.15, 0.2) is 34.9 Å². The molecular weight excluding hydrogens is 313 g/mol. The number of hydrogen-bond donors (Lipinski definition) is 1. The minimum absolute atomic E-state index is 0.108. The molecule has 7 heteroatoms. The van der Waals surface area contributed by atoms with E-state index < -0.39 is 11.9 Å². The highest BCUT2D eigenvalue weighted by Crippen LogP contribution is 2.26. The Hall–Kier alpha value is -2.70. The first kappa shape index (κ1) is 16.2. The molecule has 0 bridgehead atoms. The number of carbonyl (C=O) groups is 2. The maximum absolute atomic E-state index is 13.1. The van der Waals surface area contributed by atoms with Crippen molar-refractivity contribution in [3.63, 3.8) is 0 Å². The number of halogens is 1. The van der Waals surface area contributed by atoms with Gasteiger partial charge in [-0.3, -0.25) is 9.59 Å². The molecule has 1 aromatic carbocycles. The van der Waals surface area contributed by atoms with E-state index >= 15 is 0 Å². The summed E-state index contributed by atoms with van der Waals surface area (Å²) in [6.45, 7) is 4.57. The highest BCUT2D eigenvalue weighted by molar-refractivity contribution is 5.97. The van der Waals surface area contributed by atoms with Crippen molar-refractivity contribution in [2.75, 3.05) is 13.1 Å². The largest absolute Gasteiger partial charge is 0.360 e. The van der Waals surface area contributed by atoms with Gasteiger partial charge in [0.1, 0.15) is 17.6 Å². The fraction of sp³-hybridized carbons (Fsp3) is 0.353. The second-order valence-corrected chi connectivity index (χ2v) is 6.01. The first-order chi connectivity index (χ1) is 11.5. The third-order valence-electron chi connectivity index (χ3n) is 3.98. The molecule has 0 unspecified atom stereocenters. The Morgan fingerprint density at radius 1 is 1.38 bits per heavy atom. The number of amides is 2. The van der Waals surface area contributed by atoms with Gasteiger partial charge >= 0.3 is 0 Å². The smallest absolute Gasteiger partial charge is 0.277 e. The predicted octanol–water partition coefficient (Wildman–Crippen LogP) is 2.25. The molecule has 1 fully saturated rings. The molecule has 2 heterocycles. The summed E-state index contributed by atoms with van der Waals surface area (Å²) in [5.74, 6) is -0.357. The minimum Gasteiger partial charge on any atom is -0.360 e. The van der Waals surface area contributed by atoms with Crippen LogP contribution in [0.2, 0.25) is 0 Å². The van der Waals surface area contributed by atoms with Crippen LogP contribution >= 0.6 is 0 Å². The van der Waals surface area contributed by atoms with Gasteiger partial charge in [0.2, 0.25) is 5.91 Å². The van der Waals surface area contributed by atoms with Crippen molar-refractivity contribution in [2.45, 2.75) is 25.8 Å². The molecule has 1 atom stereocenters. The van der Waals surface area contributed by atoms with Crippen LogP contribution in [0, 0.1) is 5.82 Å². The van der Waals surface area contributed by atoms with Crippen molar-refractivity contribution < 1.29 is 18.5 Å². The highest BCUT2D eigenvalue weighted by atomic mass is 19.1. The van der Waals surface area contributed by atoms with Gasteiger partial charge in [-0.05, 0) is 17.7 Å². The van der Waals surface area contributed by atoms with E-state index in [-0.39, 0.29) is 23.4 Å². The summed E-state index contributed by atoms with van der Waals surface area (Å²) in [7, 11) is 0. The summed E-state index contributed by atoms with van der Waals surface area (Å²) in [5.41, 5.74) is 0.718. The normalized spacial score (nSPS) is 17.9. The van der Waals surface area contributed by atoms with E-state index in [2.05, 4.69) is 10.5 Å². The lowest BCUT2D eigenvalue weighted by molar-refractivity contribution is -0.128. The maximum Gasteiger partial charge on any atom is 0.277 e. The molecule has 24 heavy (non-hydrogen) atoms. The van der Waals surface area contributed by atoms with E-state index in [4.69, 9.17) is 4.52 Å². The first-order valence-corrected chi connectivity index (χ1v) is 7.78. The Labute approximate surface area is 138 Å². The van der Waals surface area contributed by atoms with E-state index in [0.717, 1.165) is 0 Å². The Balaban J connectivity index is 1.91. The third-order valence-corrected chi connectivity index (χ3v) is 3.98. The fourth-order valence-electron chi connectivity index (χ4n) is 2.67. The Kier molecular flexibility index (Phi) is 4.33. The molecular formula is C17H18FN3O3. The summed E-state index contributed by atoms with van der Waals surface area (Å²) >= 11 is 0. The van der Waals surface area contributed by atoms with E-state index in [9.17, 15) is 14.0 Å². The number of aromatic nitrogens is 1. The van der Waals surface area contributed by atoms with Crippen LogP contribution in [0.25, 0.3) is 0 Å². The first-order valence-electron chi connectivity index (χ1n) is 7.78. The van der Waals surface area contributed by atoms with Gasteiger partial charge in [0.15, 0.2) is 5.69 Å². The second-order valence-electron chi connectivity index (χ2n) is 6.01. The number of piperazine rings is 1. The number of rotatable bonds is 3. The lowest BCUT2D eigenvalue weighted by Gasteiger charge is -2.34. The Bertz CT molecular complexity index is 755. The van der Waals surface area contributed by atoms with Crippen LogP contribution in [-0.4, -0.2) is 35.0 Å². The fourth-order valence-corrected chi connectivity index (χ4v) is 2.67. The molecule has 0 saturated carbocycles. The molecule has 6 nitrogen and oxygen atoms in total. The zero-order valence-corrected chi connectivity index (χ0v) is 13.5. The lowest BCUT2D eigenvalue weighted by atomic mass is 10.0. The van der Waals surface area contributed by atoms with Gasteiger partial charge in [-0.2, -0.15) is 0 Å². The van der Waals surface area contributed by atoms with Crippen LogP contribution in [0.3, 0.4) is 0 Å². The molecule has 1 aromatic heterocycles. The Morgan fingerprint density at radius 2 is 2.08 bits per heavy atom. The average molecular weight is 331 g/mol. The molecule has 3 rings (SSSR count). The molecule has 2 amide bonds. The third kappa shape index (κ3) is 3.02. The zero-order valence-electron chi connectivity index (χ0n) is 13.5. The van der Waals surface area contributed by atoms with Crippen LogP contribution in [0.5, 0.6) is 0 Å². The summed E-state index contributed by atoms with van der Waals surface area (Å²) in [4.78, 5) is 26.5. The number of hydrogen-bond acceptors (Lipinski definition) is 4. The van der Waals surface area contributed by atoms with Crippen molar-refractivity contribution in [2.24, 2.45) is 0 Å². The van der Waals surface area contributed by atoms with E-state index in [1.807, 2.05) is 13.8 Å². The molecule has 0 aliphatic carbocycles. The summed E-state index contributed by atoms with van der Waals surface area (Å²) in [5, 5.41) is 6.56. The molecule has 2 aromatic rings. The van der Waals surface area contributed by atoms with Crippen molar-refractivity contribution >= 4 is 11.8 Å². The summed E-state index contributed by atoms with van der Waals surface area (Å²) < 4.78 is 18.3. The standard InChI is InChI=1S/C17H18FN3O3/c1-10(2)14-9-13(20-24-14)17(23)21-8-7-19-16(22)15(21)11-3-5-12(18)6-4-11/h3-6,9-10,15H,7-8H2,1-2H3,(H,19,22)/t15-/m0/s1. The molecule has 0 radical (unpaired) electrons. The van der Waals surface area contributed by atoms with Crippen molar-refractivity contribution in [1.29, 1.82) is 0 Å². The predicted molar refractivity (Wildman–Crippen MR) is 83.8 cm³/mol. The maximum atomic E-state index is 13.1. The molecule has 1 aliphatic rings. The Morgan fingerprint density at radius 3 is 2.71 bits per heavy atom. The van der Waals surface area contributed by atoms with Gasteiger partial charge in [-0.1, -0.05) is 31.1 Å². The second kappa shape index (κ2) is 6.43. The van der Waals surface area contributed by atoms with Gasteiger partial charge in [0.05, 0.1) is 0 Å². The quantitative estimate of drug-likeness (QED) is 0.936. The van der Waals surface area contributed by atoms with Gasteiger partial charge in [-0.25, -0.2) is 4.39 Å². The lowest BCUT2D eigenvalue weighted by Crippen LogP contribution is -2.52. The van der Waals surface area contributed by atoms with Crippen LogP contribution in [0.4, 0.5) is 4.39 Å². The number of nitrogens with zero attached hydrogens (tertiary/aromatic N) is 2. The zero-order chi connectivity index (χ0) is 17.3. The van der Waals surface area contributed by atoms with E-state index in [1.165, 1.54) is 29.2 Å². The summed E-state index contributed by atoms with van der Waals surface area (Å²) in [6.07, 6.45) is 0. The molecule has 0 spiro atoms. The van der Waals surface area contributed by atoms with Gasteiger partial charge in [0.25, 0.3) is 5.91 Å². The monoisotopic (exact) mass is 331 g/mol. The van der Waals surface area contributed by atoms with Gasteiger partial charge in [0, 0.05) is 25.1 Å². The average Bonchev–Trinajstić information content (AvgIpc) is 3.05. The SMILES string of the molecule is CC(C)c1cc(C(=O)N2CCNC(=O)[C@@H]2c2ccc(F)cc2)no1. The number of nitrogens with one attached hydrogen (secondary N) is 1. The van der Waals surface area contributed by atoms with Crippen molar-refractivity contribution in [3.05, 3.63) is 53.2 Å². The molecule has 126 valence electrons. The highest BCUT2D eigenvalue weighted by Gasteiger charge is 2.36. The molecule has 1 N–H and O–H groups in total. The van der Waals surface area contributed by atoms with Crippen molar-refractivity contribution in [3.8, 4) is 0 Å². The van der Waals surface area contributed by atoms with Crippen LogP contribution in [0.1, 0.15) is 47.6 Å². The number of carbonyl (C=O) groups excluding carboxylic acids is 2. The van der Waals surface area contributed by atoms with Gasteiger partial charge < -0.3 is 14.7 Å². The van der Waals surface area contributed by atoms with Crippen LogP contribution < -0.4 is 5.32 Å². The molecule has 1 aliphatic heterocycles. The molecule has 1 saturated heterocycles. The van der Waals surface area contributed by atoms with E-state index in [0.29, 0.717) is 24.4 Å². The minimum atomic E-state index is -0.814. The number of benzene rings is 1.